The third-order valence-corrected chi connectivity index (χ3v) is 6.29. The average Bonchev–Trinajstić information content (AvgIpc) is 2.95. The molecule has 0 spiro atoms. The van der Waals surface area contributed by atoms with Gasteiger partial charge in [-0.05, 0) is 17.0 Å². The molecule has 0 radical (unpaired) electrons. The molecule has 0 aliphatic rings. The zero-order chi connectivity index (χ0) is 14.6. The molecule has 2 aromatic rings. The normalized spacial score (nSPS) is 11.8. The van der Waals surface area contributed by atoms with Gasteiger partial charge in [0.25, 0.3) is 10.0 Å². The van der Waals surface area contributed by atoms with Crippen LogP contribution in [0.4, 0.5) is 0 Å². The van der Waals surface area contributed by atoms with Crippen LogP contribution in [0.25, 0.3) is 0 Å². The molecule has 1 heterocycles. The predicted octanol–water partition coefficient (Wildman–Crippen LogP) is 2.97. The molecule has 0 unspecified atom stereocenters. The van der Waals surface area contributed by atoms with E-state index in [4.69, 9.17) is 4.74 Å². The number of thiophene rings is 1. The highest BCUT2D eigenvalue weighted by Gasteiger charge is 2.28. The van der Waals surface area contributed by atoms with E-state index in [9.17, 15) is 8.42 Å². The zero-order valence-electron chi connectivity index (χ0n) is 11.4. The monoisotopic (exact) mass is 311 g/mol. The maximum atomic E-state index is 12.7. The highest BCUT2D eigenvalue weighted by Crippen LogP contribution is 2.32. The lowest BCUT2D eigenvalue weighted by atomic mass is 10.2. The quantitative estimate of drug-likeness (QED) is 0.824. The number of methoxy groups -OCH3 is 1. The molecule has 0 N–H and O–H groups in total. The fraction of sp³-hybridized carbons (Fsp3) is 0.286. The minimum absolute atomic E-state index is 0.262. The van der Waals surface area contributed by atoms with Gasteiger partial charge in [0.05, 0.1) is 7.11 Å². The summed E-state index contributed by atoms with van der Waals surface area (Å²) < 4.78 is 32.2. The minimum Gasteiger partial charge on any atom is -0.494 e. The molecule has 0 saturated carbocycles. The van der Waals surface area contributed by atoms with Crippen molar-refractivity contribution in [3.8, 4) is 5.75 Å². The lowest BCUT2D eigenvalue weighted by Crippen LogP contribution is -2.30. The van der Waals surface area contributed by atoms with Crippen LogP contribution >= 0.6 is 11.3 Å². The van der Waals surface area contributed by atoms with Crippen LogP contribution < -0.4 is 4.74 Å². The molecule has 1 aromatic heterocycles. The van der Waals surface area contributed by atoms with Crippen molar-refractivity contribution in [2.45, 2.75) is 17.7 Å². The first-order valence-corrected chi connectivity index (χ1v) is 8.57. The summed E-state index contributed by atoms with van der Waals surface area (Å²) in [7, 11) is -2.04. The lowest BCUT2D eigenvalue weighted by molar-refractivity contribution is 0.396. The summed E-state index contributed by atoms with van der Waals surface area (Å²) >= 11 is 1.18. The van der Waals surface area contributed by atoms with Gasteiger partial charge in [-0.2, -0.15) is 4.31 Å². The van der Waals surface area contributed by atoms with Gasteiger partial charge in [0.2, 0.25) is 0 Å². The molecular formula is C14H17NO3S2. The second-order valence-corrected chi connectivity index (χ2v) is 7.24. The van der Waals surface area contributed by atoms with E-state index >= 15 is 0 Å². The zero-order valence-corrected chi connectivity index (χ0v) is 13.1. The molecule has 0 saturated heterocycles. The summed E-state index contributed by atoms with van der Waals surface area (Å²) in [6, 6.07) is 11.2. The first-order valence-electron chi connectivity index (χ1n) is 6.25. The van der Waals surface area contributed by atoms with Crippen LogP contribution in [0.15, 0.2) is 46.0 Å². The highest BCUT2D eigenvalue weighted by atomic mass is 32.2. The molecule has 0 aliphatic carbocycles. The van der Waals surface area contributed by atoms with E-state index in [0.29, 0.717) is 18.8 Å². The number of nitrogens with zero attached hydrogens (tertiary/aromatic N) is 1. The maximum absolute atomic E-state index is 12.7. The molecule has 1 aromatic carbocycles. The number of ether oxygens (including phenoxy) is 1. The van der Waals surface area contributed by atoms with Crippen LogP contribution in [0, 0.1) is 0 Å². The molecule has 4 nitrogen and oxygen atoms in total. The van der Waals surface area contributed by atoms with E-state index < -0.39 is 10.0 Å². The summed E-state index contributed by atoms with van der Waals surface area (Å²) in [5.41, 5.74) is 0.966. The van der Waals surface area contributed by atoms with E-state index in [1.807, 2.05) is 37.3 Å². The Labute approximate surface area is 123 Å². The Kier molecular flexibility index (Phi) is 4.80. The first-order chi connectivity index (χ1) is 9.59. The summed E-state index contributed by atoms with van der Waals surface area (Å²) in [5.74, 6) is 0.404. The highest BCUT2D eigenvalue weighted by molar-refractivity contribution is 7.91. The number of hydrogen-bond donors (Lipinski definition) is 0. The van der Waals surface area contributed by atoms with E-state index in [1.165, 1.54) is 22.8 Å². The Morgan fingerprint density at radius 2 is 1.90 bits per heavy atom. The van der Waals surface area contributed by atoms with Crippen LogP contribution in [0.2, 0.25) is 0 Å². The minimum atomic E-state index is -3.52. The van der Waals surface area contributed by atoms with Crippen molar-refractivity contribution in [3.63, 3.8) is 0 Å². The first kappa shape index (κ1) is 15.0. The topological polar surface area (TPSA) is 46.6 Å². The van der Waals surface area contributed by atoms with Gasteiger partial charge in [-0.15, -0.1) is 11.3 Å². The smallest absolute Gasteiger partial charge is 0.256 e. The number of hydrogen-bond acceptors (Lipinski definition) is 4. The lowest BCUT2D eigenvalue weighted by Gasteiger charge is -2.20. The molecule has 108 valence electrons. The standard InChI is InChI=1S/C14H17NO3S2/c1-3-15(11-12-7-5-4-6-8-12)20(16,17)14-13(18-2)9-10-19-14/h4-10H,3,11H2,1-2H3. The van der Waals surface area contributed by atoms with Gasteiger partial charge in [-0.25, -0.2) is 8.42 Å². The molecule has 0 bridgehead atoms. The average molecular weight is 311 g/mol. The van der Waals surface area contributed by atoms with Crippen LogP contribution in [-0.4, -0.2) is 26.4 Å². The SMILES string of the molecule is CCN(Cc1ccccc1)S(=O)(=O)c1sccc1OC. The van der Waals surface area contributed by atoms with Crippen LogP contribution in [0.5, 0.6) is 5.75 Å². The Morgan fingerprint density at radius 3 is 2.50 bits per heavy atom. The Balaban J connectivity index is 2.31. The Bertz CT molecular complexity index is 650. The van der Waals surface area contributed by atoms with Gasteiger partial charge in [0, 0.05) is 13.1 Å². The second kappa shape index (κ2) is 6.39. The van der Waals surface area contributed by atoms with Crippen molar-refractivity contribution in [2.75, 3.05) is 13.7 Å². The van der Waals surface area contributed by atoms with E-state index in [1.54, 1.807) is 11.4 Å². The summed E-state index contributed by atoms with van der Waals surface area (Å²) in [4.78, 5) is 0. The fourth-order valence-electron chi connectivity index (χ4n) is 1.89. The van der Waals surface area contributed by atoms with E-state index in [-0.39, 0.29) is 4.21 Å². The fourth-order valence-corrected chi connectivity index (χ4v) is 4.75. The summed E-state index contributed by atoms with van der Waals surface area (Å²) in [6.07, 6.45) is 0. The van der Waals surface area contributed by atoms with Gasteiger partial charge in [0.15, 0.2) is 4.21 Å². The third-order valence-electron chi connectivity index (χ3n) is 2.94. The van der Waals surface area contributed by atoms with Gasteiger partial charge >= 0.3 is 0 Å². The number of benzene rings is 1. The van der Waals surface area contributed by atoms with Crippen molar-refractivity contribution in [2.24, 2.45) is 0 Å². The van der Waals surface area contributed by atoms with Gasteiger partial charge in [-0.3, -0.25) is 0 Å². The molecule has 2 rings (SSSR count). The largest absolute Gasteiger partial charge is 0.494 e. The van der Waals surface area contributed by atoms with Crippen molar-refractivity contribution < 1.29 is 13.2 Å². The molecule has 0 aliphatic heterocycles. The molecule has 0 fully saturated rings. The number of rotatable bonds is 6. The number of sulfonamides is 1. The predicted molar refractivity (Wildman–Crippen MR) is 80.6 cm³/mol. The molecule has 0 amide bonds. The summed E-state index contributed by atoms with van der Waals surface area (Å²) in [5, 5.41) is 1.72. The molecule has 6 heteroatoms. The molecule has 0 atom stereocenters. The summed E-state index contributed by atoms with van der Waals surface area (Å²) in [6.45, 7) is 2.61. The van der Waals surface area contributed by atoms with Crippen molar-refractivity contribution in [3.05, 3.63) is 47.3 Å². The molecule has 20 heavy (non-hydrogen) atoms. The van der Waals surface area contributed by atoms with Crippen molar-refractivity contribution in [1.82, 2.24) is 4.31 Å². The van der Waals surface area contributed by atoms with Gasteiger partial charge < -0.3 is 4.74 Å². The van der Waals surface area contributed by atoms with Crippen LogP contribution in [0.1, 0.15) is 12.5 Å². The van der Waals surface area contributed by atoms with Crippen LogP contribution in [0.3, 0.4) is 0 Å². The Hall–Kier alpha value is -1.37. The van der Waals surface area contributed by atoms with Gasteiger partial charge in [0.1, 0.15) is 5.75 Å². The Morgan fingerprint density at radius 1 is 1.20 bits per heavy atom. The third kappa shape index (κ3) is 3.03. The second-order valence-electron chi connectivity index (χ2n) is 4.19. The van der Waals surface area contributed by atoms with E-state index in [2.05, 4.69) is 0 Å². The van der Waals surface area contributed by atoms with Gasteiger partial charge in [-0.1, -0.05) is 37.3 Å². The van der Waals surface area contributed by atoms with E-state index in [0.717, 1.165) is 5.56 Å². The van der Waals surface area contributed by atoms with Crippen molar-refractivity contribution in [1.29, 1.82) is 0 Å². The molecular weight excluding hydrogens is 294 g/mol. The van der Waals surface area contributed by atoms with Crippen LogP contribution in [-0.2, 0) is 16.6 Å². The maximum Gasteiger partial charge on any atom is 0.256 e. The van der Waals surface area contributed by atoms with Crippen molar-refractivity contribution >= 4 is 21.4 Å².